The molecule has 0 fully saturated rings. The van der Waals surface area contributed by atoms with Crippen molar-refractivity contribution >= 4 is 52.9 Å². The summed E-state index contributed by atoms with van der Waals surface area (Å²) in [5.74, 6) is 0. The molecule has 82 valence electrons. The third kappa shape index (κ3) is 2.92. The second-order valence-electron chi connectivity index (χ2n) is 3.00. The molecule has 0 amide bonds. The average molecular weight is 356 g/mol. The van der Waals surface area contributed by atoms with Crippen molar-refractivity contribution in [1.29, 1.82) is 0 Å². The summed E-state index contributed by atoms with van der Waals surface area (Å²) in [7, 11) is 0. The predicted octanol–water partition coefficient (Wildman–Crippen LogP) is 3.04. The van der Waals surface area contributed by atoms with Crippen LogP contribution in [0.15, 0.2) is 18.4 Å². The average Bonchev–Trinajstić information content (AvgIpc) is 2.65. The Morgan fingerprint density at radius 3 is 2.93 bits per heavy atom. The molecule has 0 atom stereocenters. The van der Waals surface area contributed by atoms with Gasteiger partial charge >= 0.3 is 0 Å². The smallest absolute Gasteiger partial charge is 0.170 e. The number of likely N-dealkylation sites (N-methyl/N-ethyl adjacent to an activating group) is 1. The molecule has 0 unspecified atom stereocenters. The summed E-state index contributed by atoms with van der Waals surface area (Å²) in [5.41, 5.74) is 1.95. The Balaban J connectivity index is 0.00000112. The van der Waals surface area contributed by atoms with E-state index in [1.54, 1.807) is 0 Å². The van der Waals surface area contributed by atoms with Gasteiger partial charge in [0.25, 0.3) is 0 Å². The molecule has 1 aliphatic rings. The summed E-state index contributed by atoms with van der Waals surface area (Å²) in [6, 6.07) is 0. The van der Waals surface area contributed by atoms with E-state index in [4.69, 9.17) is 11.6 Å². The quantitative estimate of drug-likeness (QED) is 0.764. The van der Waals surface area contributed by atoms with Crippen LogP contribution in [0.1, 0.15) is 12.6 Å². The van der Waals surface area contributed by atoms with Crippen LogP contribution in [0.2, 0.25) is 5.15 Å². The van der Waals surface area contributed by atoms with E-state index < -0.39 is 0 Å². The van der Waals surface area contributed by atoms with Gasteiger partial charge in [-0.3, -0.25) is 0 Å². The van der Waals surface area contributed by atoms with Crippen LogP contribution in [-0.2, 0) is 0 Å². The molecule has 2 heterocycles. The number of hydrogen-bond donors (Lipinski definition) is 0. The highest BCUT2D eigenvalue weighted by Gasteiger charge is 2.14. The molecule has 1 aliphatic heterocycles. The van der Waals surface area contributed by atoms with Crippen LogP contribution in [-0.4, -0.2) is 26.7 Å². The minimum absolute atomic E-state index is 0. The summed E-state index contributed by atoms with van der Waals surface area (Å²) < 4.78 is 8.13. The molecule has 0 bridgehead atoms. The number of aromatic nitrogens is 2. The van der Waals surface area contributed by atoms with Crippen LogP contribution in [0.5, 0.6) is 0 Å². The Labute approximate surface area is 115 Å². The fraction of sp³-hybridized carbons (Fsp3) is 0.333. The van der Waals surface area contributed by atoms with Crippen molar-refractivity contribution in [2.24, 2.45) is 0 Å². The normalized spacial score (nSPS) is 14.8. The van der Waals surface area contributed by atoms with Crippen LogP contribution >= 0.6 is 47.3 Å². The zero-order valence-corrected chi connectivity index (χ0v) is 12.1. The van der Waals surface area contributed by atoms with Crippen molar-refractivity contribution in [2.45, 2.75) is 6.92 Å². The fourth-order valence-electron chi connectivity index (χ4n) is 1.35. The zero-order valence-electron chi connectivity index (χ0n) is 8.18. The monoisotopic (exact) mass is 355 g/mol. The van der Waals surface area contributed by atoms with Crippen LogP contribution < -0.4 is 0 Å². The van der Waals surface area contributed by atoms with E-state index in [1.165, 1.54) is 0 Å². The summed E-state index contributed by atoms with van der Waals surface area (Å²) in [4.78, 5) is 2.20. The topological polar surface area (TPSA) is 29.0 Å². The van der Waals surface area contributed by atoms with Gasteiger partial charge in [-0.1, -0.05) is 17.7 Å². The molecule has 0 saturated heterocycles. The van der Waals surface area contributed by atoms with Crippen molar-refractivity contribution in [3.63, 3.8) is 0 Å². The first-order chi connectivity index (χ1) is 6.81. The van der Waals surface area contributed by atoms with Gasteiger partial charge in [-0.15, -0.1) is 24.0 Å². The molecular formula is C9H11ClIN3S. The zero-order chi connectivity index (χ0) is 9.97. The van der Waals surface area contributed by atoms with Crippen molar-refractivity contribution in [3.05, 3.63) is 29.2 Å². The first-order valence-corrected chi connectivity index (χ1v) is 5.52. The molecule has 0 saturated carbocycles. The maximum absolute atomic E-state index is 5.92. The molecule has 3 nitrogen and oxygen atoms in total. The van der Waals surface area contributed by atoms with E-state index in [0.717, 1.165) is 36.1 Å². The number of rotatable bonds is 2. The van der Waals surface area contributed by atoms with Crippen LogP contribution in [0, 0.1) is 0 Å². The highest BCUT2D eigenvalue weighted by atomic mass is 127. The maximum atomic E-state index is 5.92. The van der Waals surface area contributed by atoms with Crippen molar-refractivity contribution in [2.75, 3.05) is 13.1 Å². The largest absolute Gasteiger partial charge is 0.373 e. The Kier molecular flexibility index (Phi) is 5.01. The lowest BCUT2D eigenvalue weighted by Crippen LogP contribution is -2.21. The Morgan fingerprint density at radius 2 is 2.33 bits per heavy atom. The van der Waals surface area contributed by atoms with Crippen molar-refractivity contribution < 1.29 is 0 Å². The Morgan fingerprint density at radius 1 is 1.53 bits per heavy atom. The number of allylic oxidation sites excluding steroid dienone is 2. The van der Waals surface area contributed by atoms with E-state index in [1.807, 2.05) is 12.2 Å². The van der Waals surface area contributed by atoms with Gasteiger partial charge in [-0.25, -0.2) is 0 Å². The summed E-state index contributed by atoms with van der Waals surface area (Å²) in [6.07, 6.45) is 6.12. The lowest BCUT2D eigenvalue weighted by atomic mass is 10.1. The highest BCUT2D eigenvalue weighted by molar-refractivity contribution is 14.0. The molecule has 2 rings (SSSR count). The van der Waals surface area contributed by atoms with Gasteiger partial charge in [0.15, 0.2) is 5.15 Å². The first kappa shape index (κ1) is 12.9. The van der Waals surface area contributed by atoms with Crippen LogP contribution in [0.4, 0.5) is 0 Å². The molecule has 0 aromatic carbocycles. The van der Waals surface area contributed by atoms with E-state index in [9.17, 15) is 0 Å². The minimum atomic E-state index is 0. The van der Waals surface area contributed by atoms with Gasteiger partial charge in [0, 0.05) is 18.7 Å². The molecule has 6 heteroatoms. The summed E-state index contributed by atoms with van der Waals surface area (Å²) >= 11 is 7.07. The molecule has 1 aromatic rings. The van der Waals surface area contributed by atoms with Gasteiger partial charge < -0.3 is 4.90 Å². The third-order valence-electron chi connectivity index (χ3n) is 2.13. The molecule has 15 heavy (non-hydrogen) atoms. The number of hydrogen-bond acceptors (Lipinski definition) is 4. The highest BCUT2D eigenvalue weighted by Crippen LogP contribution is 2.24. The second-order valence-corrected chi connectivity index (χ2v) is 3.89. The standard InChI is InChI=1S/C9H10ClN3S.HI/c1-2-13-5-3-4-7(6-13)8-9(10)12-14-11-8;/h3-5H,2,6H2,1H3;1H. The predicted molar refractivity (Wildman–Crippen MR) is 74.7 cm³/mol. The maximum Gasteiger partial charge on any atom is 0.170 e. The SMILES string of the molecule is CCN1C=CC=C(c2nsnc2Cl)C1.I. The summed E-state index contributed by atoms with van der Waals surface area (Å²) in [5, 5.41) is 0.507. The van der Waals surface area contributed by atoms with Gasteiger partial charge in [0.2, 0.25) is 0 Å². The molecule has 1 aromatic heterocycles. The van der Waals surface area contributed by atoms with E-state index in [0.29, 0.717) is 5.15 Å². The van der Waals surface area contributed by atoms with Gasteiger partial charge in [0.05, 0.1) is 11.7 Å². The van der Waals surface area contributed by atoms with Crippen molar-refractivity contribution in [1.82, 2.24) is 13.6 Å². The van der Waals surface area contributed by atoms with E-state index >= 15 is 0 Å². The lowest BCUT2D eigenvalue weighted by Gasteiger charge is -2.21. The minimum Gasteiger partial charge on any atom is -0.373 e. The van der Waals surface area contributed by atoms with Crippen LogP contribution in [0.3, 0.4) is 0 Å². The van der Waals surface area contributed by atoms with Gasteiger partial charge in [-0.05, 0) is 19.2 Å². The van der Waals surface area contributed by atoms with Crippen molar-refractivity contribution in [3.8, 4) is 0 Å². The molecule has 0 radical (unpaired) electrons. The second kappa shape index (κ2) is 5.81. The Hall–Kier alpha value is -0.140. The first-order valence-electron chi connectivity index (χ1n) is 4.41. The Bertz CT molecular complexity index is 388. The van der Waals surface area contributed by atoms with Gasteiger partial charge in [-0.2, -0.15) is 8.75 Å². The van der Waals surface area contributed by atoms with E-state index in [-0.39, 0.29) is 24.0 Å². The molecule has 0 aliphatic carbocycles. The molecule has 0 N–H and O–H groups in total. The number of nitrogens with zero attached hydrogens (tertiary/aromatic N) is 3. The fourth-order valence-corrected chi connectivity index (χ4v) is 2.14. The van der Waals surface area contributed by atoms with E-state index in [2.05, 4.69) is 26.8 Å². The van der Waals surface area contributed by atoms with Gasteiger partial charge in [0.1, 0.15) is 5.69 Å². The number of halogens is 2. The summed E-state index contributed by atoms with van der Waals surface area (Å²) in [6.45, 7) is 3.97. The molecule has 0 spiro atoms. The molecular weight excluding hydrogens is 345 g/mol. The van der Waals surface area contributed by atoms with Crippen LogP contribution in [0.25, 0.3) is 5.57 Å². The lowest BCUT2D eigenvalue weighted by molar-refractivity contribution is 0.442. The third-order valence-corrected chi connectivity index (χ3v) is 3.02.